The van der Waals surface area contributed by atoms with Crippen molar-refractivity contribution < 1.29 is 4.74 Å². The highest BCUT2D eigenvalue weighted by atomic mass is 16.5. The van der Waals surface area contributed by atoms with E-state index in [2.05, 4.69) is 4.57 Å². The van der Waals surface area contributed by atoms with Gasteiger partial charge in [0.15, 0.2) is 0 Å². The molecule has 0 spiro atoms. The van der Waals surface area contributed by atoms with Crippen LogP contribution in [0.4, 0.5) is 0 Å². The van der Waals surface area contributed by atoms with E-state index in [1.54, 1.807) is 0 Å². The zero-order valence-corrected chi connectivity index (χ0v) is 10.0. The molecule has 0 saturated carbocycles. The number of hydrogen-bond donors (Lipinski definition) is 1. The SMILES string of the molecule is CC(N)c1cccn1CCOc1ccccc1. The second-order valence-electron chi connectivity index (χ2n) is 4.08. The Bertz CT molecular complexity index is 448. The second kappa shape index (κ2) is 5.55. The molecule has 0 radical (unpaired) electrons. The number of hydrogen-bond acceptors (Lipinski definition) is 2. The molecule has 0 aliphatic rings. The topological polar surface area (TPSA) is 40.2 Å². The van der Waals surface area contributed by atoms with Crippen molar-refractivity contribution in [1.82, 2.24) is 4.57 Å². The number of nitrogens with zero attached hydrogens (tertiary/aromatic N) is 1. The van der Waals surface area contributed by atoms with Gasteiger partial charge in [-0.1, -0.05) is 18.2 Å². The highest BCUT2D eigenvalue weighted by Gasteiger charge is 2.04. The standard InChI is InChI=1S/C14H18N2O/c1-12(15)14-8-5-9-16(14)10-11-17-13-6-3-2-4-7-13/h2-9,12H,10-11,15H2,1H3. The van der Waals surface area contributed by atoms with Crippen LogP contribution in [-0.4, -0.2) is 11.2 Å². The summed E-state index contributed by atoms with van der Waals surface area (Å²) in [5.74, 6) is 0.905. The van der Waals surface area contributed by atoms with Gasteiger partial charge in [-0.25, -0.2) is 0 Å². The summed E-state index contributed by atoms with van der Waals surface area (Å²) in [5, 5.41) is 0. The molecule has 3 nitrogen and oxygen atoms in total. The molecule has 90 valence electrons. The summed E-state index contributed by atoms with van der Waals surface area (Å²) in [7, 11) is 0. The van der Waals surface area contributed by atoms with Crippen LogP contribution in [-0.2, 0) is 6.54 Å². The van der Waals surface area contributed by atoms with E-state index in [0.29, 0.717) is 6.61 Å². The van der Waals surface area contributed by atoms with E-state index in [-0.39, 0.29) is 6.04 Å². The van der Waals surface area contributed by atoms with Crippen LogP contribution in [0.1, 0.15) is 18.7 Å². The van der Waals surface area contributed by atoms with Crippen LogP contribution in [0.15, 0.2) is 48.7 Å². The predicted octanol–water partition coefficient (Wildman–Crippen LogP) is 2.59. The highest BCUT2D eigenvalue weighted by molar-refractivity contribution is 5.20. The maximum atomic E-state index is 5.88. The number of benzene rings is 1. The molecule has 3 heteroatoms. The minimum atomic E-state index is 0.0572. The van der Waals surface area contributed by atoms with E-state index in [9.17, 15) is 0 Å². The summed E-state index contributed by atoms with van der Waals surface area (Å²) < 4.78 is 7.78. The van der Waals surface area contributed by atoms with Gasteiger partial charge < -0.3 is 15.0 Å². The number of ether oxygens (including phenoxy) is 1. The van der Waals surface area contributed by atoms with Crippen LogP contribution in [0.5, 0.6) is 5.75 Å². The fraction of sp³-hybridized carbons (Fsp3) is 0.286. The lowest BCUT2D eigenvalue weighted by Gasteiger charge is -2.12. The molecule has 1 aromatic heterocycles. The first kappa shape index (κ1) is 11.7. The van der Waals surface area contributed by atoms with Gasteiger partial charge in [-0.15, -0.1) is 0 Å². The van der Waals surface area contributed by atoms with Gasteiger partial charge in [0.25, 0.3) is 0 Å². The smallest absolute Gasteiger partial charge is 0.119 e. The lowest BCUT2D eigenvalue weighted by molar-refractivity contribution is 0.296. The molecule has 1 unspecified atom stereocenters. The fourth-order valence-corrected chi connectivity index (χ4v) is 1.82. The Labute approximate surface area is 102 Å². The minimum absolute atomic E-state index is 0.0572. The Hall–Kier alpha value is -1.74. The van der Waals surface area contributed by atoms with E-state index in [4.69, 9.17) is 10.5 Å². The average molecular weight is 230 g/mol. The van der Waals surface area contributed by atoms with Gasteiger partial charge in [-0.05, 0) is 31.2 Å². The Morgan fingerprint density at radius 3 is 2.65 bits per heavy atom. The number of rotatable bonds is 5. The molecule has 1 aromatic carbocycles. The lowest BCUT2D eigenvalue weighted by atomic mass is 10.2. The van der Waals surface area contributed by atoms with E-state index >= 15 is 0 Å². The quantitative estimate of drug-likeness (QED) is 0.857. The van der Waals surface area contributed by atoms with Gasteiger partial charge in [0.05, 0.1) is 6.54 Å². The molecule has 0 aliphatic carbocycles. The number of aromatic nitrogens is 1. The third kappa shape index (κ3) is 3.11. The van der Waals surface area contributed by atoms with Gasteiger partial charge in [0.2, 0.25) is 0 Å². The zero-order chi connectivity index (χ0) is 12.1. The van der Waals surface area contributed by atoms with E-state index in [1.165, 1.54) is 0 Å². The Kier molecular flexibility index (Phi) is 3.83. The Morgan fingerprint density at radius 1 is 1.18 bits per heavy atom. The fourth-order valence-electron chi connectivity index (χ4n) is 1.82. The van der Waals surface area contributed by atoms with Crippen molar-refractivity contribution in [3.8, 4) is 5.75 Å². The highest BCUT2D eigenvalue weighted by Crippen LogP contribution is 2.12. The average Bonchev–Trinajstić information content (AvgIpc) is 2.79. The summed E-state index contributed by atoms with van der Waals surface area (Å²) in [6.07, 6.45) is 2.03. The van der Waals surface area contributed by atoms with E-state index in [1.807, 2.05) is 55.6 Å². The van der Waals surface area contributed by atoms with Gasteiger partial charge >= 0.3 is 0 Å². The van der Waals surface area contributed by atoms with Crippen molar-refractivity contribution >= 4 is 0 Å². The summed E-state index contributed by atoms with van der Waals surface area (Å²) in [5.41, 5.74) is 7.02. The van der Waals surface area contributed by atoms with Crippen molar-refractivity contribution in [3.63, 3.8) is 0 Å². The minimum Gasteiger partial charge on any atom is -0.492 e. The molecule has 1 heterocycles. The van der Waals surface area contributed by atoms with Crippen molar-refractivity contribution in [3.05, 3.63) is 54.4 Å². The third-order valence-electron chi connectivity index (χ3n) is 2.68. The normalized spacial score (nSPS) is 12.4. The van der Waals surface area contributed by atoms with Crippen molar-refractivity contribution in [2.45, 2.75) is 19.5 Å². The molecule has 0 bridgehead atoms. The maximum absolute atomic E-state index is 5.88. The van der Waals surface area contributed by atoms with Gasteiger partial charge in [-0.3, -0.25) is 0 Å². The number of para-hydroxylation sites is 1. The first-order chi connectivity index (χ1) is 8.27. The molecule has 2 rings (SSSR count). The first-order valence-electron chi connectivity index (χ1n) is 5.86. The van der Waals surface area contributed by atoms with Crippen LogP contribution in [0.25, 0.3) is 0 Å². The van der Waals surface area contributed by atoms with E-state index in [0.717, 1.165) is 18.0 Å². The molecule has 2 N–H and O–H groups in total. The maximum Gasteiger partial charge on any atom is 0.119 e. The summed E-state index contributed by atoms with van der Waals surface area (Å²) in [4.78, 5) is 0. The third-order valence-corrected chi connectivity index (χ3v) is 2.68. The van der Waals surface area contributed by atoms with Crippen LogP contribution in [0.2, 0.25) is 0 Å². The van der Waals surface area contributed by atoms with Gasteiger partial charge in [0, 0.05) is 17.9 Å². The Balaban J connectivity index is 1.88. The molecular formula is C14H18N2O. The molecule has 0 fully saturated rings. The van der Waals surface area contributed by atoms with Crippen LogP contribution in [0, 0.1) is 0 Å². The number of nitrogens with two attached hydrogens (primary N) is 1. The molecular weight excluding hydrogens is 212 g/mol. The van der Waals surface area contributed by atoms with Crippen molar-refractivity contribution in [1.29, 1.82) is 0 Å². The zero-order valence-electron chi connectivity index (χ0n) is 10.0. The monoisotopic (exact) mass is 230 g/mol. The summed E-state index contributed by atoms with van der Waals surface area (Å²) in [6.45, 7) is 3.46. The molecule has 0 amide bonds. The van der Waals surface area contributed by atoms with Crippen molar-refractivity contribution in [2.75, 3.05) is 6.61 Å². The summed E-state index contributed by atoms with van der Waals surface area (Å²) in [6, 6.07) is 14.0. The van der Waals surface area contributed by atoms with Gasteiger partial charge in [0.1, 0.15) is 12.4 Å². The van der Waals surface area contributed by atoms with E-state index < -0.39 is 0 Å². The largest absolute Gasteiger partial charge is 0.492 e. The summed E-state index contributed by atoms with van der Waals surface area (Å²) >= 11 is 0. The first-order valence-corrected chi connectivity index (χ1v) is 5.86. The lowest BCUT2D eigenvalue weighted by Crippen LogP contribution is -2.15. The molecule has 0 saturated heterocycles. The Morgan fingerprint density at radius 2 is 1.94 bits per heavy atom. The molecule has 0 aliphatic heterocycles. The van der Waals surface area contributed by atoms with Crippen molar-refractivity contribution in [2.24, 2.45) is 5.73 Å². The molecule has 1 atom stereocenters. The molecule has 17 heavy (non-hydrogen) atoms. The van der Waals surface area contributed by atoms with Crippen LogP contribution in [0.3, 0.4) is 0 Å². The van der Waals surface area contributed by atoms with Crippen LogP contribution >= 0.6 is 0 Å². The second-order valence-corrected chi connectivity index (χ2v) is 4.08. The molecule has 2 aromatic rings. The predicted molar refractivity (Wildman–Crippen MR) is 69.0 cm³/mol. The van der Waals surface area contributed by atoms with Crippen LogP contribution < -0.4 is 10.5 Å². The van der Waals surface area contributed by atoms with Gasteiger partial charge in [-0.2, -0.15) is 0 Å².